The molecule has 1 aliphatic heterocycles. The number of aryl methyl sites for hydroxylation is 2. The summed E-state index contributed by atoms with van der Waals surface area (Å²) >= 11 is 0. The summed E-state index contributed by atoms with van der Waals surface area (Å²) in [6.45, 7) is 5.97. The normalized spacial score (nSPS) is 17.1. The number of aromatic hydroxyl groups is 1. The van der Waals surface area contributed by atoms with Crippen molar-refractivity contribution in [1.29, 1.82) is 0 Å². The minimum absolute atomic E-state index is 0.0766. The minimum atomic E-state index is -0.150. The van der Waals surface area contributed by atoms with Crippen LogP contribution in [0.1, 0.15) is 29.8 Å². The first-order valence-corrected chi connectivity index (χ1v) is 10.2. The zero-order valence-corrected chi connectivity index (χ0v) is 17.3. The Balaban J connectivity index is 1.37. The van der Waals surface area contributed by atoms with Gasteiger partial charge in [0.2, 0.25) is 5.91 Å². The number of nitrogens with zero attached hydrogens (tertiary/aromatic N) is 3. The fourth-order valence-electron chi connectivity index (χ4n) is 3.73. The van der Waals surface area contributed by atoms with Gasteiger partial charge in [-0.15, -0.1) is 0 Å². The van der Waals surface area contributed by atoms with Gasteiger partial charge in [-0.1, -0.05) is 28.9 Å². The SMILES string of the molecule is Cc1ccc(-c2nc(CN3CCC[C@@H](C(=O)Nc4ccc(C)cc4O)C3)no2)cc1. The zero-order valence-electron chi connectivity index (χ0n) is 17.3. The second-order valence-electron chi connectivity index (χ2n) is 7.97. The van der Waals surface area contributed by atoms with Gasteiger partial charge in [0.1, 0.15) is 5.75 Å². The number of aromatic nitrogens is 2. The van der Waals surface area contributed by atoms with Gasteiger partial charge >= 0.3 is 0 Å². The fourth-order valence-corrected chi connectivity index (χ4v) is 3.73. The van der Waals surface area contributed by atoms with Crippen LogP contribution in [0, 0.1) is 19.8 Å². The van der Waals surface area contributed by atoms with Crippen LogP contribution >= 0.6 is 0 Å². The molecule has 0 bridgehead atoms. The first kappa shape index (κ1) is 20.1. The Kier molecular flexibility index (Phi) is 5.81. The van der Waals surface area contributed by atoms with Crippen LogP contribution in [0.5, 0.6) is 5.75 Å². The van der Waals surface area contributed by atoms with E-state index in [-0.39, 0.29) is 17.6 Å². The predicted octanol–water partition coefficient (Wildman–Crippen LogP) is 3.91. The molecule has 1 aliphatic rings. The van der Waals surface area contributed by atoms with Gasteiger partial charge in [-0.05, 0) is 63.1 Å². The molecule has 0 saturated carbocycles. The Morgan fingerprint density at radius 2 is 1.97 bits per heavy atom. The minimum Gasteiger partial charge on any atom is -0.506 e. The van der Waals surface area contributed by atoms with E-state index in [0.717, 1.165) is 30.5 Å². The first-order valence-electron chi connectivity index (χ1n) is 10.2. The van der Waals surface area contributed by atoms with E-state index < -0.39 is 0 Å². The molecule has 1 fully saturated rings. The maximum Gasteiger partial charge on any atom is 0.257 e. The molecular weight excluding hydrogens is 380 g/mol. The Morgan fingerprint density at radius 3 is 2.73 bits per heavy atom. The van der Waals surface area contributed by atoms with Crippen molar-refractivity contribution in [2.24, 2.45) is 5.92 Å². The van der Waals surface area contributed by atoms with Crippen molar-refractivity contribution in [3.63, 3.8) is 0 Å². The number of carbonyl (C=O) groups is 1. The van der Waals surface area contributed by atoms with Crippen molar-refractivity contribution >= 4 is 11.6 Å². The number of carbonyl (C=O) groups excluding carboxylic acids is 1. The summed E-state index contributed by atoms with van der Waals surface area (Å²) in [4.78, 5) is 19.4. The van der Waals surface area contributed by atoms with Crippen LogP contribution in [0.25, 0.3) is 11.5 Å². The van der Waals surface area contributed by atoms with Crippen LogP contribution in [0.15, 0.2) is 47.0 Å². The number of piperidine rings is 1. The summed E-state index contributed by atoms with van der Waals surface area (Å²) in [5, 5.41) is 17.0. The summed E-state index contributed by atoms with van der Waals surface area (Å²) in [6.07, 6.45) is 1.73. The molecule has 0 unspecified atom stereocenters. The maximum absolute atomic E-state index is 12.7. The van der Waals surface area contributed by atoms with E-state index in [1.54, 1.807) is 12.1 Å². The predicted molar refractivity (Wildman–Crippen MR) is 114 cm³/mol. The molecule has 4 rings (SSSR count). The van der Waals surface area contributed by atoms with Crippen molar-refractivity contribution in [2.75, 3.05) is 18.4 Å². The van der Waals surface area contributed by atoms with Crippen molar-refractivity contribution in [3.8, 4) is 17.2 Å². The van der Waals surface area contributed by atoms with Crippen LogP contribution in [-0.4, -0.2) is 39.1 Å². The number of hydrogen-bond donors (Lipinski definition) is 2. The monoisotopic (exact) mass is 406 g/mol. The molecule has 2 aromatic carbocycles. The van der Waals surface area contributed by atoms with Gasteiger partial charge in [0.15, 0.2) is 5.82 Å². The van der Waals surface area contributed by atoms with E-state index in [9.17, 15) is 9.90 Å². The Labute approximate surface area is 175 Å². The topological polar surface area (TPSA) is 91.5 Å². The second-order valence-corrected chi connectivity index (χ2v) is 7.97. The molecule has 0 aliphatic carbocycles. The Bertz CT molecular complexity index is 1030. The molecule has 1 saturated heterocycles. The number of phenols is 1. The average Bonchev–Trinajstić information content (AvgIpc) is 3.19. The van der Waals surface area contributed by atoms with Crippen LogP contribution in [0.2, 0.25) is 0 Å². The van der Waals surface area contributed by atoms with Crippen LogP contribution < -0.4 is 5.32 Å². The number of hydrogen-bond acceptors (Lipinski definition) is 6. The Hall–Kier alpha value is -3.19. The number of rotatable bonds is 5. The molecule has 2 N–H and O–H groups in total. The van der Waals surface area contributed by atoms with E-state index in [1.165, 1.54) is 5.56 Å². The van der Waals surface area contributed by atoms with Gasteiger partial charge in [0.25, 0.3) is 5.89 Å². The number of phenolic OH excluding ortho intramolecular Hbond substituents is 1. The van der Waals surface area contributed by atoms with Crippen molar-refractivity contribution in [1.82, 2.24) is 15.0 Å². The number of amides is 1. The highest BCUT2D eigenvalue weighted by Gasteiger charge is 2.27. The third-order valence-corrected chi connectivity index (χ3v) is 5.42. The van der Waals surface area contributed by atoms with E-state index in [0.29, 0.717) is 30.5 Å². The molecule has 1 amide bonds. The van der Waals surface area contributed by atoms with Gasteiger partial charge in [-0.2, -0.15) is 4.98 Å². The second kappa shape index (κ2) is 8.67. The van der Waals surface area contributed by atoms with Crippen molar-refractivity contribution in [2.45, 2.75) is 33.2 Å². The lowest BCUT2D eigenvalue weighted by Gasteiger charge is -2.31. The number of anilines is 1. The lowest BCUT2D eigenvalue weighted by Crippen LogP contribution is -2.40. The number of benzene rings is 2. The molecule has 156 valence electrons. The molecule has 7 nitrogen and oxygen atoms in total. The van der Waals surface area contributed by atoms with Crippen molar-refractivity contribution in [3.05, 3.63) is 59.4 Å². The quantitative estimate of drug-likeness (QED) is 0.624. The van der Waals surface area contributed by atoms with E-state index in [4.69, 9.17) is 4.52 Å². The lowest BCUT2D eigenvalue weighted by molar-refractivity contribution is -0.121. The van der Waals surface area contributed by atoms with Gasteiger partial charge in [-0.25, -0.2) is 0 Å². The van der Waals surface area contributed by atoms with Crippen LogP contribution in [-0.2, 0) is 11.3 Å². The van der Waals surface area contributed by atoms with E-state index in [1.807, 2.05) is 44.2 Å². The van der Waals surface area contributed by atoms with Crippen LogP contribution in [0.4, 0.5) is 5.69 Å². The molecule has 1 aromatic heterocycles. The lowest BCUT2D eigenvalue weighted by atomic mass is 9.97. The van der Waals surface area contributed by atoms with Crippen molar-refractivity contribution < 1.29 is 14.4 Å². The summed E-state index contributed by atoms with van der Waals surface area (Å²) in [5.41, 5.74) is 3.46. The van der Waals surface area contributed by atoms with Gasteiger partial charge < -0.3 is 14.9 Å². The smallest absolute Gasteiger partial charge is 0.257 e. The summed E-state index contributed by atoms with van der Waals surface area (Å²) in [6, 6.07) is 13.2. The highest BCUT2D eigenvalue weighted by atomic mass is 16.5. The molecule has 30 heavy (non-hydrogen) atoms. The molecule has 1 atom stereocenters. The maximum atomic E-state index is 12.7. The first-order chi connectivity index (χ1) is 14.5. The van der Waals surface area contributed by atoms with E-state index >= 15 is 0 Å². The zero-order chi connectivity index (χ0) is 21.1. The highest BCUT2D eigenvalue weighted by Crippen LogP contribution is 2.26. The van der Waals surface area contributed by atoms with Crippen LogP contribution in [0.3, 0.4) is 0 Å². The largest absolute Gasteiger partial charge is 0.506 e. The summed E-state index contributed by atoms with van der Waals surface area (Å²) < 4.78 is 5.41. The van der Waals surface area contributed by atoms with Gasteiger partial charge in [-0.3, -0.25) is 9.69 Å². The summed E-state index contributed by atoms with van der Waals surface area (Å²) in [5.74, 6) is 0.982. The standard InChI is InChI=1S/C23H26N4O3/c1-15-5-8-17(9-6-15)23-25-21(26-30-23)14-27-11-3-4-18(13-27)22(29)24-19-10-7-16(2)12-20(19)28/h5-10,12,18,28H,3-4,11,13-14H2,1-2H3,(H,24,29)/t18-/m1/s1. The molecule has 0 radical (unpaired) electrons. The van der Waals surface area contributed by atoms with E-state index in [2.05, 4.69) is 20.4 Å². The molecule has 0 spiro atoms. The third kappa shape index (κ3) is 4.68. The highest BCUT2D eigenvalue weighted by molar-refractivity contribution is 5.94. The fraction of sp³-hybridized carbons (Fsp3) is 0.348. The molecule has 2 heterocycles. The Morgan fingerprint density at radius 1 is 1.20 bits per heavy atom. The third-order valence-electron chi connectivity index (χ3n) is 5.42. The number of likely N-dealkylation sites (tertiary alicyclic amines) is 1. The molecule has 7 heteroatoms. The van der Waals surface area contributed by atoms with Gasteiger partial charge in [0, 0.05) is 12.1 Å². The average molecular weight is 406 g/mol. The summed E-state index contributed by atoms with van der Waals surface area (Å²) in [7, 11) is 0. The molecular formula is C23H26N4O3. The number of nitrogens with one attached hydrogen (secondary N) is 1. The molecule has 3 aromatic rings. The van der Waals surface area contributed by atoms with Gasteiger partial charge in [0.05, 0.1) is 18.2 Å².